The van der Waals surface area contributed by atoms with Crippen LogP contribution in [0.3, 0.4) is 0 Å². The first kappa shape index (κ1) is 14.6. The van der Waals surface area contributed by atoms with Crippen LogP contribution in [0.2, 0.25) is 0 Å². The summed E-state index contributed by atoms with van der Waals surface area (Å²) in [6.45, 7) is 6.40. The molecule has 0 amide bonds. The molecule has 0 aromatic heterocycles. The van der Waals surface area contributed by atoms with Crippen molar-refractivity contribution >= 4 is 5.69 Å². The van der Waals surface area contributed by atoms with E-state index >= 15 is 0 Å². The Hall–Kier alpha value is -1.46. The molecule has 0 aliphatic carbocycles. The maximum atomic E-state index is 10.8. The summed E-state index contributed by atoms with van der Waals surface area (Å²) in [5, 5.41) is 23.9. The van der Waals surface area contributed by atoms with Crippen LogP contribution in [0.25, 0.3) is 0 Å². The van der Waals surface area contributed by atoms with E-state index in [0.717, 1.165) is 0 Å². The van der Waals surface area contributed by atoms with Crippen molar-refractivity contribution in [1.29, 1.82) is 0 Å². The molecule has 0 spiro atoms. The minimum atomic E-state index is -0.816. The van der Waals surface area contributed by atoms with Gasteiger partial charge in [-0.05, 0) is 12.8 Å². The van der Waals surface area contributed by atoms with E-state index in [4.69, 9.17) is 0 Å². The van der Waals surface area contributed by atoms with Gasteiger partial charge >= 0.3 is 0 Å². The lowest BCUT2D eigenvalue weighted by Gasteiger charge is -2.27. The van der Waals surface area contributed by atoms with Crippen molar-refractivity contribution in [3.63, 3.8) is 0 Å². The minimum absolute atomic E-state index is 0.106. The number of nitro benzene ring substituents is 1. The number of nitrogens with zero attached hydrogens (tertiary/aromatic N) is 1. The van der Waals surface area contributed by atoms with E-state index in [9.17, 15) is 15.2 Å². The Labute approximate surface area is 107 Å². The van der Waals surface area contributed by atoms with Gasteiger partial charge in [0.25, 0.3) is 5.69 Å². The van der Waals surface area contributed by atoms with Crippen LogP contribution in [0.15, 0.2) is 24.3 Å². The zero-order chi connectivity index (χ0) is 13.8. The summed E-state index contributed by atoms with van der Waals surface area (Å²) >= 11 is 0. The highest BCUT2D eigenvalue weighted by atomic mass is 16.6. The summed E-state index contributed by atoms with van der Waals surface area (Å²) in [6.07, 6.45) is 0. The molecule has 1 rings (SSSR count). The first-order valence-corrected chi connectivity index (χ1v) is 6.00. The Morgan fingerprint density at radius 3 is 2.61 bits per heavy atom. The third kappa shape index (κ3) is 3.78. The van der Waals surface area contributed by atoms with E-state index in [1.54, 1.807) is 25.1 Å². The molecule has 18 heavy (non-hydrogen) atoms. The lowest BCUT2D eigenvalue weighted by Crippen LogP contribution is -2.42. The van der Waals surface area contributed by atoms with Gasteiger partial charge in [-0.3, -0.25) is 10.1 Å². The zero-order valence-electron chi connectivity index (χ0n) is 11.0. The summed E-state index contributed by atoms with van der Waals surface area (Å²) in [6, 6.07) is 6.61. The van der Waals surface area contributed by atoms with Gasteiger partial charge in [0.05, 0.1) is 10.5 Å². The van der Waals surface area contributed by atoms with E-state index in [2.05, 4.69) is 5.32 Å². The molecule has 5 heteroatoms. The Balaban J connectivity index is 2.62. The van der Waals surface area contributed by atoms with Crippen LogP contribution in [-0.2, 0) is 6.54 Å². The molecule has 0 bridgehead atoms. The van der Waals surface area contributed by atoms with Crippen molar-refractivity contribution in [2.45, 2.75) is 32.9 Å². The second-order valence-corrected chi connectivity index (χ2v) is 5.00. The summed E-state index contributed by atoms with van der Waals surface area (Å²) in [7, 11) is 0. The molecule has 0 saturated heterocycles. The van der Waals surface area contributed by atoms with Crippen molar-refractivity contribution in [3.05, 3.63) is 39.9 Å². The van der Waals surface area contributed by atoms with Gasteiger partial charge in [0.15, 0.2) is 0 Å². The first-order valence-electron chi connectivity index (χ1n) is 6.00. The molecule has 2 N–H and O–H groups in total. The van der Waals surface area contributed by atoms with E-state index in [-0.39, 0.29) is 11.6 Å². The molecule has 100 valence electrons. The van der Waals surface area contributed by atoms with Crippen LogP contribution in [0.1, 0.15) is 26.3 Å². The Morgan fingerprint density at radius 1 is 1.44 bits per heavy atom. The van der Waals surface area contributed by atoms with Gasteiger partial charge in [0, 0.05) is 24.7 Å². The molecule has 0 saturated carbocycles. The Bertz CT molecular complexity index is 416. The van der Waals surface area contributed by atoms with Gasteiger partial charge in [0.2, 0.25) is 0 Å². The van der Waals surface area contributed by atoms with E-state index < -0.39 is 10.5 Å². The number of hydrogen-bond acceptors (Lipinski definition) is 4. The molecule has 1 unspecified atom stereocenters. The average Bonchev–Trinajstić information content (AvgIpc) is 2.29. The van der Waals surface area contributed by atoms with Crippen molar-refractivity contribution in [2.75, 3.05) is 6.54 Å². The third-order valence-electron chi connectivity index (χ3n) is 3.23. The van der Waals surface area contributed by atoms with Crippen LogP contribution < -0.4 is 5.32 Å². The fourth-order valence-corrected chi connectivity index (χ4v) is 1.49. The van der Waals surface area contributed by atoms with Crippen LogP contribution in [0.5, 0.6) is 0 Å². The number of benzene rings is 1. The monoisotopic (exact) mass is 252 g/mol. The number of para-hydroxylation sites is 1. The normalized spacial score (nSPS) is 14.5. The quantitative estimate of drug-likeness (QED) is 0.600. The second kappa shape index (κ2) is 5.93. The summed E-state index contributed by atoms with van der Waals surface area (Å²) in [4.78, 5) is 10.4. The van der Waals surface area contributed by atoms with Crippen LogP contribution >= 0.6 is 0 Å². The minimum Gasteiger partial charge on any atom is -0.389 e. The van der Waals surface area contributed by atoms with Gasteiger partial charge in [-0.1, -0.05) is 32.0 Å². The predicted molar refractivity (Wildman–Crippen MR) is 70.3 cm³/mol. The van der Waals surface area contributed by atoms with E-state index in [0.29, 0.717) is 18.7 Å². The van der Waals surface area contributed by atoms with Crippen molar-refractivity contribution in [1.82, 2.24) is 5.32 Å². The fraction of sp³-hybridized carbons (Fsp3) is 0.538. The molecule has 0 fully saturated rings. The topological polar surface area (TPSA) is 75.4 Å². The fourth-order valence-electron chi connectivity index (χ4n) is 1.49. The molecule has 1 aromatic carbocycles. The molecular weight excluding hydrogens is 232 g/mol. The Kier molecular flexibility index (Phi) is 4.81. The SMILES string of the molecule is CC(C)C(C)(O)CNCc1ccccc1[N+](=O)[O-]. The highest BCUT2D eigenvalue weighted by Gasteiger charge is 2.24. The van der Waals surface area contributed by atoms with Crippen molar-refractivity contribution in [2.24, 2.45) is 5.92 Å². The van der Waals surface area contributed by atoms with E-state index in [1.807, 2.05) is 13.8 Å². The molecule has 0 aliphatic heterocycles. The van der Waals surface area contributed by atoms with E-state index in [1.165, 1.54) is 6.07 Å². The molecule has 0 radical (unpaired) electrons. The number of hydrogen-bond donors (Lipinski definition) is 2. The van der Waals surface area contributed by atoms with Gasteiger partial charge < -0.3 is 10.4 Å². The van der Waals surface area contributed by atoms with Gasteiger partial charge in [-0.15, -0.1) is 0 Å². The molecule has 5 nitrogen and oxygen atoms in total. The smallest absolute Gasteiger partial charge is 0.273 e. The Morgan fingerprint density at radius 2 is 2.06 bits per heavy atom. The standard InChI is InChI=1S/C13H20N2O3/c1-10(2)13(3,16)9-14-8-11-6-4-5-7-12(11)15(17)18/h4-7,10,14,16H,8-9H2,1-3H3. The molecule has 1 atom stereocenters. The lowest BCUT2D eigenvalue weighted by atomic mass is 9.92. The summed E-state index contributed by atoms with van der Waals surface area (Å²) < 4.78 is 0. The van der Waals surface area contributed by atoms with Crippen LogP contribution in [0, 0.1) is 16.0 Å². The van der Waals surface area contributed by atoms with Crippen LogP contribution in [-0.4, -0.2) is 22.2 Å². The number of nitrogens with one attached hydrogen (secondary N) is 1. The largest absolute Gasteiger partial charge is 0.389 e. The summed E-state index contributed by atoms with van der Waals surface area (Å²) in [5.74, 6) is 0.121. The lowest BCUT2D eigenvalue weighted by molar-refractivity contribution is -0.385. The van der Waals surface area contributed by atoms with Gasteiger partial charge in [-0.25, -0.2) is 0 Å². The highest BCUT2D eigenvalue weighted by Crippen LogP contribution is 2.18. The number of nitro groups is 1. The molecule has 0 heterocycles. The second-order valence-electron chi connectivity index (χ2n) is 5.00. The number of rotatable bonds is 6. The average molecular weight is 252 g/mol. The summed E-state index contributed by atoms with van der Waals surface area (Å²) in [5.41, 5.74) is -0.0833. The third-order valence-corrected chi connectivity index (χ3v) is 3.23. The maximum absolute atomic E-state index is 10.8. The van der Waals surface area contributed by atoms with Crippen molar-refractivity contribution < 1.29 is 10.0 Å². The molecule has 0 aliphatic rings. The predicted octanol–water partition coefficient (Wildman–Crippen LogP) is 2.09. The zero-order valence-corrected chi connectivity index (χ0v) is 11.0. The van der Waals surface area contributed by atoms with Gasteiger partial charge in [-0.2, -0.15) is 0 Å². The van der Waals surface area contributed by atoms with Crippen molar-refractivity contribution in [3.8, 4) is 0 Å². The van der Waals surface area contributed by atoms with Gasteiger partial charge in [0.1, 0.15) is 0 Å². The molecule has 1 aromatic rings. The molecular formula is C13H20N2O3. The number of aliphatic hydroxyl groups is 1. The maximum Gasteiger partial charge on any atom is 0.273 e. The highest BCUT2D eigenvalue weighted by molar-refractivity contribution is 5.39. The first-order chi connectivity index (χ1) is 8.34. The van der Waals surface area contributed by atoms with Crippen LogP contribution in [0.4, 0.5) is 5.69 Å².